The van der Waals surface area contributed by atoms with Gasteiger partial charge < -0.3 is 9.73 Å². The topological polar surface area (TPSA) is 81.2 Å². The smallest absolute Gasteiger partial charge is 0.277 e. The standard InChI is InChI=1S/C11H11N3O3/c1-8-5-12-11(4-10(8)14(15)16)13-6-9-2-3-17-7-9/h2-5,7H,6H2,1H3,(H,12,13). The minimum atomic E-state index is -0.417. The van der Waals surface area contributed by atoms with Gasteiger partial charge in [0, 0.05) is 23.9 Å². The summed E-state index contributed by atoms with van der Waals surface area (Å²) in [7, 11) is 0. The van der Waals surface area contributed by atoms with Gasteiger partial charge in [-0.15, -0.1) is 0 Å². The molecular formula is C11H11N3O3. The number of nitro groups is 1. The lowest BCUT2D eigenvalue weighted by Gasteiger charge is -2.04. The molecule has 2 aromatic rings. The van der Waals surface area contributed by atoms with Crippen molar-refractivity contribution in [3.8, 4) is 0 Å². The van der Waals surface area contributed by atoms with E-state index in [0.717, 1.165) is 5.56 Å². The summed E-state index contributed by atoms with van der Waals surface area (Å²) in [5, 5.41) is 13.7. The molecule has 17 heavy (non-hydrogen) atoms. The van der Waals surface area contributed by atoms with Crippen LogP contribution in [0.1, 0.15) is 11.1 Å². The van der Waals surface area contributed by atoms with Crippen molar-refractivity contribution in [3.63, 3.8) is 0 Å². The van der Waals surface area contributed by atoms with E-state index < -0.39 is 4.92 Å². The lowest BCUT2D eigenvalue weighted by atomic mass is 10.2. The molecular weight excluding hydrogens is 222 g/mol. The highest BCUT2D eigenvalue weighted by Crippen LogP contribution is 2.20. The molecule has 2 heterocycles. The number of aromatic nitrogens is 1. The Morgan fingerprint density at radius 2 is 2.41 bits per heavy atom. The first kappa shape index (κ1) is 11.1. The van der Waals surface area contributed by atoms with Gasteiger partial charge in [0.1, 0.15) is 5.82 Å². The molecule has 2 aromatic heterocycles. The van der Waals surface area contributed by atoms with Crippen molar-refractivity contribution < 1.29 is 9.34 Å². The highest BCUT2D eigenvalue weighted by molar-refractivity contribution is 5.49. The second kappa shape index (κ2) is 4.65. The normalized spacial score (nSPS) is 10.2. The average Bonchev–Trinajstić information content (AvgIpc) is 2.80. The van der Waals surface area contributed by atoms with Gasteiger partial charge in [0.15, 0.2) is 0 Å². The molecule has 0 atom stereocenters. The maximum absolute atomic E-state index is 10.7. The quantitative estimate of drug-likeness (QED) is 0.648. The largest absolute Gasteiger partial charge is 0.472 e. The van der Waals surface area contributed by atoms with Crippen LogP contribution >= 0.6 is 0 Å². The predicted molar refractivity (Wildman–Crippen MR) is 61.7 cm³/mol. The van der Waals surface area contributed by atoms with Gasteiger partial charge in [-0.05, 0) is 13.0 Å². The summed E-state index contributed by atoms with van der Waals surface area (Å²) in [6.45, 7) is 2.18. The van der Waals surface area contributed by atoms with E-state index in [1.54, 1.807) is 19.5 Å². The predicted octanol–water partition coefficient (Wildman–Crippen LogP) is 2.50. The Morgan fingerprint density at radius 1 is 1.59 bits per heavy atom. The Hall–Kier alpha value is -2.37. The van der Waals surface area contributed by atoms with Crippen molar-refractivity contribution in [2.75, 3.05) is 5.32 Å². The summed E-state index contributed by atoms with van der Waals surface area (Å²) in [6.07, 6.45) is 4.66. The zero-order valence-corrected chi connectivity index (χ0v) is 9.21. The Balaban J connectivity index is 2.11. The molecule has 0 fully saturated rings. The van der Waals surface area contributed by atoms with E-state index in [-0.39, 0.29) is 5.69 Å². The number of furan rings is 1. The van der Waals surface area contributed by atoms with Crippen LogP contribution in [0.5, 0.6) is 0 Å². The van der Waals surface area contributed by atoms with E-state index in [1.807, 2.05) is 6.07 Å². The summed E-state index contributed by atoms with van der Waals surface area (Å²) in [5.74, 6) is 0.475. The molecule has 1 N–H and O–H groups in total. The third kappa shape index (κ3) is 2.60. The van der Waals surface area contributed by atoms with Crippen LogP contribution in [-0.4, -0.2) is 9.91 Å². The molecule has 0 aliphatic heterocycles. The van der Waals surface area contributed by atoms with E-state index in [9.17, 15) is 10.1 Å². The van der Waals surface area contributed by atoms with Crippen LogP contribution in [0.2, 0.25) is 0 Å². The van der Waals surface area contributed by atoms with E-state index in [0.29, 0.717) is 17.9 Å². The number of hydrogen-bond acceptors (Lipinski definition) is 5. The van der Waals surface area contributed by atoms with Gasteiger partial charge in [0.25, 0.3) is 5.69 Å². The summed E-state index contributed by atoms with van der Waals surface area (Å²) in [5.41, 5.74) is 1.56. The van der Waals surface area contributed by atoms with Gasteiger partial charge in [-0.25, -0.2) is 4.98 Å². The molecule has 0 amide bonds. The number of nitrogens with one attached hydrogen (secondary N) is 1. The molecule has 0 bridgehead atoms. The monoisotopic (exact) mass is 233 g/mol. The Bertz CT molecular complexity index is 523. The van der Waals surface area contributed by atoms with Crippen LogP contribution in [0.4, 0.5) is 11.5 Å². The molecule has 0 saturated heterocycles. The molecule has 0 radical (unpaired) electrons. The fraction of sp³-hybridized carbons (Fsp3) is 0.182. The minimum absolute atomic E-state index is 0.0645. The van der Waals surface area contributed by atoms with Gasteiger partial charge in [-0.3, -0.25) is 10.1 Å². The number of nitrogens with zero attached hydrogens (tertiary/aromatic N) is 2. The van der Waals surface area contributed by atoms with Gasteiger partial charge in [-0.1, -0.05) is 0 Å². The third-order valence-corrected chi connectivity index (χ3v) is 2.33. The van der Waals surface area contributed by atoms with Gasteiger partial charge in [0.05, 0.1) is 23.5 Å². The first-order valence-electron chi connectivity index (χ1n) is 5.03. The van der Waals surface area contributed by atoms with E-state index in [4.69, 9.17) is 4.42 Å². The molecule has 0 aliphatic rings. The maximum atomic E-state index is 10.7. The molecule has 2 rings (SSSR count). The van der Waals surface area contributed by atoms with Crippen molar-refractivity contribution >= 4 is 11.5 Å². The van der Waals surface area contributed by atoms with E-state index in [1.165, 1.54) is 12.3 Å². The van der Waals surface area contributed by atoms with Crippen molar-refractivity contribution in [2.24, 2.45) is 0 Å². The van der Waals surface area contributed by atoms with Crippen molar-refractivity contribution in [1.82, 2.24) is 4.98 Å². The second-order valence-corrected chi connectivity index (χ2v) is 3.60. The minimum Gasteiger partial charge on any atom is -0.472 e. The Morgan fingerprint density at radius 3 is 3.06 bits per heavy atom. The van der Waals surface area contributed by atoms with Crippen LogP contribution in [0.3, 0.4) is 0 Å². The van der Waals surface area contributed by atoms with Crippen LogP contribution in [0.25, 0.3) is 0 Å². The summed E-state index contributed by atoms with van der Waals surface area (Å²) in [6, 6.07) is 3.24. The van der Waals surface area contributed by atoms with Crippen molar-refractivity contribution in [2.45, 2.75) is 13.5 Å². The maximum Gasteiger partial charge on any atom is 0.277 e. The highest BCUT2D eigenvalue weighted by atomic mass is 16.6. The molecule has 0 spiro atoms. The highest BCUT2D eigenvalue weighted by Gasteiger charge is 2.11. The fourth-order valence-corrected chi connectivity index (χ4v) is 1.39. The molecule has 0 saturated carbocycles. The van der Waals surface area contributed by atoms with Crippen LogP contribution in [0, 0.1) is 17.0 Å². The molecule has 0 aliphatic carbocycles. The number of anilines is 1. The zero-order valence-electron chi connectivity index (χ0n) is 9.21. The van der Waals surface area contributed by atoms with E-state index in [2.05, 4.69) is 10.3 Å². The summed E-state index contributed by atoms with van der Waals surface area (Å²) in [4.78, 5) is 14.4. The molecule has 88 valence electrons. The molecule has 6 heteroatoms. The van der Waals surface area contributed by atoms with Crippen LogP contribution < -0.4 is 5.32 Å². The number of hydrogen-bond donors (Lipinski definition) is 1. The van der Waals surface area contributed by atoms with Gasteiger partial charge >= 0.3 is 0 Å². The van der Waals surface area contributed by atoms with Gasteiger partial charge in [0.2, 0.25) is 0 Å². The zero-order chi connectivity index (χ0) is 12.3. The number of pyridine rings is 1. The first-order chi connectivity index (χ1) is 8.16. The first-order valence-corrected chi connectivity index (χ1v) is 5.03. The summed E-state index contributed by atoms with van der Waals surface area (Å²) < 4.78 is 4.92. The lowest BCUT2D eigenvalue weighted by molar-refractivity contribution is -0.385. The molecule has 0 aromatic carbocycles. The second-order valence-electron chi connectivity index (χ2n) is 3.60. The Kier molecular flexibility index (Phi) is 3.04. The van der Waals surface area contributed by atoms with Crippen molar-refractivity contribution in [1.29, 1.82) is 0 Å². The van der Waals surface area contributed by atoms with Crippen LogP contribution in [0.15, 0.2) is 35.3 Å². The molecule has 0 unspecified atom stereocenters. The van der Waals surface area contributed by atoms with Gasteiger partial charge in [-0.2, -0.15) is 0 Å². The lowest BCUT2D eigenvalue weighted by Crippen LogP contribution is -2.02. The number of rotatable bonds is 4. The Labute approximate surface area is 97.4 Å². The number of aryl methyl sites for hydroxylation is 1. The SMILES string of the molecule is Cc1cnc(NCc2ccoc2)cc1[N+](=O)[O-]. The van der Waals surface area contributed by atoms with Crippen molar-refractivity contribution in [3.05, 3.63) is 52.1 Å². The fourth-order valence-electron chi connectivity index (χ4n) is 1.39. The van der Waals surface area contributed by atoms with Crippen LogP contribution in [-0.2, 0) is 6.54 Å². The third-order valence-electron chi connectivity index (χ3n) is 2.33. The van der Waals surface area contributed by atoms with E-state index >= 15 is 0 Å². The molecule has 6 nitrogen and oxygen atoms in total. The average molecular weight is 233 g/mol. The summed E-state index contributed by atoms with van der Waals surface area (Å²) >= 11 is 0.